The van der Waals surface area contributed by atoms with E-state index in [1.807, 2.05) is 6.07 Å². The monoisotopic (exact) mass is 224 g/mol. The molecule has 0 heterocycles. The van der Waals surface area contributed by atoms with Crippen LogP contribution in [0.4, 0.5) is 0 Å². The second-order valence-electron chi connectivity index (χ2n) is 4.60. The van der Waals surface area contributed by atoms with Crippen molar-refractivity contribution < 1.29 is 4.74 Å². The molecule has 1 fully saturated rings. The third kappa shape index (κ3) is 2.05. The van der Waals surface area contributed by atoms with Crippen LogP contribution in [0.25, 0.3) is 11.1 Å². The molecule has 0 atom stereocenters. The van der Waals surface area contributed by atoms with Gasteiger partial charge in [0.15, 0.2) is 0 Å². The Hall–Kier alpha value is -1.76. The largest absolute Gasteiger partial charge is 0.496 e. The van der Waals surface area contributed by atoms with Crippen LogP contribution in [0, 0.1) is 0 Å². The molecule has 0 bridgehead atoms. The topological polar surface area (TPSA) is 9.23 Å². The van der Waals surface area contributed by atoms with Crippen molar-refractivity contribution in [2.75, 3.05) is 7.11 Å². The van der Waals surface area contributed by atoms with Crippen molar-refractivity contribution in [3.05, 3.63) is 54.1 Å². The van der Waals surface area contributed by atoms with Gasteiger partial charge in [-0.05, 0) is 36.0 Å². The molecule has 0 amide bonds. The maximum Gasteiger partial charge on any atom is 0.126 e. The van der Waals surface area contributed by atoms with Crippen molar-refractivity contribution in [1.29, 1.82) is 0 Å². The summed E-state index contributed by atoms with van der Waals surface area (Å²) in [4.78, 5) is 0. The fourth-order valence-corrected chi connectivity index (χ4v) is 2.23. The summed E-state index contributed by atoms with van der Waals surface area (Å²) in [6.45, 7) is 0. The lowest BCUT2D eigenvalue weighted by atomic mass is 10.0. The first-order valence-electron chi connectivity index (χ1n) is 6.12. The lowest BCUT2D eigenvalue weighted by molar-refractivity contribution is 0.416. The molecular weight excluding hydrogens is 208 g/mol. The molecule has 0 aromatic heterocycles. The van der Waals surface area contributed by atoms with E-state index in [9.17, 15) is 0 Å². The molecule has 2 aromatic rings. The number of rotatable bonds is 3. The number of ether oxygens (including phenoxy) is 1. The van der Waals surface area contributed by atoms with Crippen molar-refractivity contribution >= 4 is 0 Å². The highest BCUT2D eigenvalue weighted by Gasteiger charge is 2.24. The average Bonchev–Trinajstić information content (AvgIpc) is 3.23. The highest BCUT2D eigenvalue weighted by atomic mass is 16.5. The van der Waals surface area contributed by atoms with E-state index >= 15 is 0 Å². The summed E-state index contributed by atoms with van der Waals surface area (Å²) in [5.41, 5.74) is 3.81. The lowest BCUT2D eigenvalue weighted by Crippen LogP contribution is -1.90. The minimum atomic E-state index is 0.772. The lowest BCUT2D eigenvalue weighted by Gasteiger charge is -2.10. The molecule has 86 valence electrons. The molecule has 1 aliphatic carbocycles. The summed E-state index contributed by atoms with van der Waals surface area (Å²) in [7, 11) is 1.75. The molecule has 1 nitrogen and oxygen atoms in total. The third-order valence-electron chi connectivity index (χ3n) is 3.36. The number of hydrogen-bond donors (Lipinski definition) is 0. The summed E-state index contributed by atoms with van der Waals surface area (Å²) in [5.74, 6) is 1.76. The zero-order chi connectivity index (χ0) is 11.7. The van der Waals surface area contributed by atoms with Gasteiger partial charge in [0.2, 0.25) is 0 Å². The molecule has 0 spiro atoms. The molecule has 1 heteroatoms. The van der Waals surface area contributed by atoms with Gasteiger partial charge in [-0.1, -0.05) is 42.5 Å². The van der Waals surface area contributed by atoms with Crippen molar-refractivity contribution in [3.8, 4) is 16.9 Å². The summed E-state index contributed by atoms with van der Waals surface area (Å²) in [6, 6.07) is 17.0. The molecule has 3 rings (SSSR count). The SMILES string of the molecule is COc1cc(C2CC2)ccc1-c1ccccc1. The zero-order valence-electron chi connectivity index (χ0n) is 10.0. The van der Waals surface area contributed by atoms with E-state index in [1.54, 1.807) is 7.11 Å². The molecule has 0 unspecified atom stereocenters. The Bertz CT molecular complexity index is 512. The highest BCUT2D eigenvalue weighted by Crippen LogP contribution is 2.43. The standard InChI is InChI=1S/C16H16O/c1-17-16-11-14(12-7-8-12)9-10-15(16)13-5-3-2-4-6-13/h2-6,9-12H,7-8H2,1H3. The van der Waals surface area contributed by atoms with Gasteiger partial charge in [0.1, 0.15) is 5.75 Å². The first-order valence-corrected chi connectivity index (χ1v) is 6.12. The molecule has 2 aromatic carbocycles. The van der Waals surface area contributed by atoms with Gasteiger partial charge in [0.05, 0.1) is 7.11 Å². The second kappa shape index (κ2) is 4.25. The summed E-state index contributed by atoms with van der Waals surface area (Å²) >= 11 is 0. The van der Waals surface area contributed by atoms with Gasteiger partial charge in [-0.3, -0.25) is 0 Å². The maximum absolute atomic E-state index is 5.52. The van der Waals surface area contributed by atoms with Gasteiger partial charge in [-0.2, -0.15) is 0 Å². The van der Waals surface area contributed by atoms with Gasteiger partial charge < -0.3 is 4.74 Å². The molecule has 0 saturated heterocycles. The van der Waals surface area contributed by atoms with E-state index in [4.69, 9.17) is 4.74 Å². The number of methoxy groups -OCH3 is 1. The van der Waals surface area contributed by atoms with Crippen LogP contribution in [0.2, 0.25) is 0 Å². The smallest absolute Gasteiger partial charge is 0.126 e. The van der Waals surface area contributed by atoms with Crippen molar-refractivity contribution in [1.82, 2.24) is 0 Å². The molecule has 1 aliphatic rings. The van der Waals surface area contributed by atoms with Crippen LogP contribution in [0.1, 0.15) is 24.3 Å². The van der Waals surface area contributed by atoms with Gasteiger partial charge >= 0.3 is 0 Å². The molecular formula is C16H16O. The van der Waals surface area contributed by atoms with Gasteiger partial charge in [0.25, 0.3) is 0 Å². The minimum Gasteiger partial charge on any atom is -0.496 e. The second-order valence-corrected chi connectivity index (χ2v) is 4.60. The van der Waals surface area contributed by atoms with E-state index in [1.165, 1.54) is 29.5 Å². The first-order chi connectivity index (χ1) is 8.38. The van der Waals surface area contributed by atoms with E-state index in [0.717, 1.165) is 11.7 Å². The van der Waals surface area contributed by atoms with E-state index < -0.39 is 0 Å². The summed E-state index contributed by atoms with van der Waals surface area (Å²) in [6.07, 6.45) is 2.65. The maximum atomic E-state index is 5.52. The Kier molecular flexibility index (Phi) is 2.60. The number of benzene rings is 2. The van der Waals surface area contributed by atoms with Crippen LogP contribution in [-0.4, -0.2) is 7.11 Å². The van der Waals surface area contributed by atoms with E-state index in [0.29, 0.717) is 0 Å². The predicted octanol–water partition coefficient (Wildman–Crippen LogP) is 4.24. The Balaban J connectivity index is 2.04. The van der Waals surface area contributed by atoms with Crippen LogP contribution in [0.5, 0.6) is 5.75 Å². The predicted molar refractivity (Wildman–Crippen MR) is 70.4 cm³/mol. The van der Waals surface area contributed by atoms with E-state index in [2.05, 4.69) is 42.5 Å². The third-order valence-corrected chi connectivity index (χ3v) is 3.36. The van der Waals surface area contributed by atoms with E-state index in [-0.39, 0.29) is 0 Å². The Labute approximate surface area is 102 Å². The van der Waals surface area contributed by atoms with Crippen molar-refractivity contribution in [2.24, 2.45) is 0 Å². The Morgan fingerprint density at radius 2 is 1.76 bits per heavy atom. The van der Waals surface area contributed by atoms with Gasteiger partial charge in [-0.25, -0.2) is 0 Å². The molecule has 1 saturated carbocycles. The average molecular weight is 224 g/mol. The first kappa shape index (κ1) is 10.4. The van der Waals surface area contributed by atoms with Crippen LogP contribution in [0.15, 0.2) is 48.5 Å². The minimum absolute atomic E-state index is 0.772. The van der Waals surface area contributed by atoms with Crippen molar-refractivity contribution in [2.45, 2.75) is 18.8 Å². The van der Waals surface area contributed by atoms with Crippen LogP contribution in [0.3, 0.4) is 0 Å². The molecule has 0 N–H and O–H groups in total. The quantitative estimate of drug-likeness (QED) is 0.757. The van der Waals surface area contributed by atoms with Crippen LogP contribution >= 0.6 is 0 Å². The summed E-state index contributed by atoms with van der Waals surface area (Å²) < 4.78 is 5.52. The molecule has 17 heavy (non-hydrogen) atoms. The number of hydrogen-bond acceptors (Lipinski definition) is 1. The van der Waals surface area contributed by atoms with Gasteiger partial charge in [0, 0.05) is 5.56 Å². The Morgan fingerprint density at radius 1 is 1.00 bits per heavy atom. The fraction of sp³-hybridized carbons (Fsp3) is 0.250. The fourth-order valence-electron chi connectivity index (χ4n) is 2.23. The van der Waals surface area contributed by atoms with Crippen molar-refractivity contribution in [3.63, 3.8) is 0 Å². The zero-order valence-corrected chi connectivity index (χ0v) is 10.0. The van der Waals surface area contributed by atoms with Crippen LogP contribution < -0.4 is 4.74 Å². The van der Waals surface area contributed by atoms with Crippen LogP contribution in [-0.2, 0) is 0 Å². The van der Waals surface area contributed by atoms with Gasteiger partial charge in [-0.15, -0.1) is 0 Å². The Morgan fingerprint density at radius 3 is 2.41 bits per heavy atom. The highest BCUT2D eigenvalue weighted by molar-refractivity contribution is 5.71. The normalized spacial score (nSPS) is 14.6. The summed E-state index contributed by atoms with van der Waals surface area (Å²) in [5, 5.41) is 0. The molecule has 0 radical (unpaired) electrons. The molecule has 0 aliphatic heterocycles.